The van der Waals surface area contributed by atoms with Gasteiger partial charge in [-0.3, -0.25) is 9.59 Å². The molecule has 2 fully saturated rings. The van der Waals surface area contributed by atoms with E-state index in [1.165, 1.54) is 10.2 Å². The average Bonchev–Trinajstić information content (AvgIpc) is 3.27. The highest BCUT2D eigenvalue weighted by atomic mass is 16.2. The van der Waals surface area contributed by atoms with Crippen molar-refractivity contribution < 1.29 is 9.59 Å². The number of anilines is 1. The normalized spacial score (nSPS) is 21.9. The van der Waals surface area contributed by atoms with Gasteiger partial charge in [-0.1, -0.05) is 30.3 Å². The molecule has 2 aromatic rings. The number of aromatic nitrogens is 2. The molecule has 3 heterocycles. The first kappa shape index (κ1) is 19.5. The topological polar surface area (TPSA) is 84.5 Å². The Morgan fingerprint density at radius 1 is 1.17 bits per heavy atom. The van der Waals surface area contributed by atoms with Crippen LogP contribution in [0.15, 0.2) is 36.4 Å². The fourth-order valence-electron chi connectivity index (χ4n) is 4.82. The summed E-state index contributed by atoms with van der Waals surface area (Å²) >= 11 is 0. The Morgan fingerprint density at radius 2 is 1.90 bits per heavy atom. The molecule has 1 aromatic carbocycles. The van der Waals surface area contributed by atoms with Crippen molar-refractivity contribution in [3.8, 4) is 0 Å². The van der Waals surface area contributed by atoms with Crippen molar-refractivity contribution in [2.75, 3.05) is 25.4 Å². The summed E-state index contributed by atoms with van der Waals surface area (Å²) in [6.45, 7) is 4.01. The van der Waals surface area contributed by atoms with E-state index in [-0.39, 0.29) is 18.4 Å². The largest absolute Gasteiger partial charge is 0.384 e. The van der Waals surface area contributed by atoms with Gasteiger partial charge in [0.25, 0.3) is 0 Å². The molecule has 1 aromatic heterocycles. The Bertz CT molecular complexity index is 894. The summed E-state index contributed by atoms with van der Waals surface area (Å²) in [5.74, 6) is 0.509. The molecule has 2 aliphatic rings. The Labute approximate surface area is 171 Å². The van der Waals surface area contributed by atoms with Crippen LogP contribution in [0.2, 0.25) is 0 Å². The van der Waals surface area contributed by atoms with E-state index in [0.717, 1.165) is 44.3 Å². The summed E-state index contributed by atoms with van der Waals surface area (Å²) in [6, 6.07) is 12.0. The molecule has 7 nitrogen and oxygen atoms in total. The maximum absolute atomic E-state index is 13.5. The Kier molecular flexibility index (Phi) is 5.30. The van der Waals surface area contributed by atoms with Gasteiger partial charge < -0.3 is 15.5 Å². The lowest BCUT2D eigenvalue weighted by Crippen LogP contribution is -2.62. The second-order valence-electron chi connectivity index (χ2n) is 8.18. The van der Waals surface area contributed by atoms with Crippen LogP contribution in [0.3, 0.4) is 0 Å². The molecule has 1 spiro atoms. The lowest BCUT2D eigenvalue weighted by molar-refractivity contribution is -0.155. The van der Waals surface area contributed by atoms with Gasteiger partial charge in [0.1, 0.15) is 17.9 Å². The molecule has 154 valence electrons. The maximum atomic E-state index is 13.5. The van der Waals surface area contributed by atoms with E-state index in [1.54, 1.807) is 11.0 Å². The van der Waals surface area contributed by atoms with Crippen LogP contribution < -0.4 is 5.73 Å². The highest BCUT2D eigenvalue weighted by Gasteiger charge is 2.52. The van der Waals surface area contributed by atoms with Crippen LogP contribution in [0.25, 0.3) is 0 Å². The first-order valence-electron chi connectivity index (χ1n) is 10.4. The smallest absolute Gasteiger partial charge is 0.248 e. The molecule has 2 aliphatic heterocycles. The summed E-state index contributed by atoms with van der Waals surface area (Å²) in [4.78, 5) is 30.4. The van der Waals surface area contributed by atoms with Gasteiger partial charge in [-0.05, 0) is 44.6 Å². The summed E-state index contributed by atoms with van der Waals surface area (Å²) < 4.78 is 1.53. The molecule has 0 bridgehead atoms. The standard InChI is InChI=1S/C22H29N5O2/c1-17-15-19(23)27(24-17)16-20(28)26-13-6-11-22(26)10-5-12-25(21(22)29)14-9-18-7-3-2-4-8-18/h2-4,7-8,15H,5-6,9-14,16,23H2,1H3. The van der Waals surface area contributed by atoms with Gasteiger partial charge in [0, 0.05) is 25.7 Å². The van der Waals surface area contributed by atoms with E-state index in [1.807, 2.05) is 30.0 Å². The molecule has 29 heavy (non-hydrogen) atoms. The molecular weight excluding hydrogens is 366 g/mol. The van der Waals surface area contributed by atoms with E-state index in [0.29, 0.717) is 18.9 Å². The van der Waals surface area contributed by atoms with Gasteiger partial charge in [0.05, 0.1) is 5.69 Å². The van der Waals surface area contributed by atoms with E-state index in [4.69, 9.17) is 5.73 Å². The minimum Gasteiger partial charge on any atom is -0.384 e. The third-order valence-electron chi connectivity index (χ3n) is 6.23. The number of aryl methyl sites for hydroxylation is 1. The maximum Gasteiger partial charge on any atom is 0.248 e. The van der Waals surface area contributed by atoms with Gasteiger partial charge in [-0.25, -0.2) is 4.68 Å². The highest BCUT2D eigenvalue weighted by Crippen LogP contribution is 2.38. The van der Waals surface area contributed by atoms with Crippen LogP contribution in [0, 0.1) is 6.92 Å². The Morgan fingerprint density at radius 3 is 2.59 bits per heavy atom. The Hall–Kier alpha value is -2.83. The quantitative estimate of drug-likeness (QED) is 0.839. The van der Waals surface area contributed by atoms with Crippen molar-refractivity contribution in [1.82, 2.24) is 19.6 Å². The molecule has 7 heteroatoms. The number of rotatable bonds is 5. The fraction of sp³-hybridized carbons (Fsp3) is 0.500. The minimum absolute atomic E-state index is 0.0736. The number of carbonyl (C=O) groups excluding carboxylic acids is 2. The summed E-state index contributed by atoms with van der Waals surface area (Å²) in [7, 11) is 0. The van der Waals surface area contributed by atoms with E-state index in [2.05, 4.69) is 17.2 Å². The van der Waals surface area contributed by atoms with Gasteiger partial charge in [0.15, 0.2) is 0 Å². The second kappa shape index (κ2) is 7.89. The van der Waals surface area contributed by atoms with Crippen LogP contribution in [0.4, 0.5) is 5.82 Å². The third kappa shape index (κ3) is 3.73. The molecule has 2 saturated heterocycles. The molecule has 1 unspecified atom stereocenters. The fourth-order valence-corrected chi connectivity index (χ4v) is 4.82. The SMILES string of the molecule is Cc1cc(N)n(CC(=O)N2CCCC23CCCN(CCc2ccccc2)C3=O)n1. The molecule has 2 N–H and O–H groups in total. The number of nitrogens with zero attached hydrogens (tertiary/aromatic N) is 4. The van der Waals surface area contributed by atoms with Gasteiger partial charge in [-0.15, -0.1) is 0 Å². The monoisotopic (exact) mass is 395 g/mol. The molecule has 2 amide bonds. The van der Waals surface area contributed by atoms with Crippen molar-refractivity contribution in [2.24, 2.45) is 0 Å². The summed E-state index contributed by atoms with van der Waals surface area (Å²) in [6.07, 6.45) is 4.10. The number of nitrogens with two attached hydrogens (primary N) is 1. The average molecular weight is 396 g/mol. The van der Waals surface area contributed by atoms with Crippen molar-refractivity contribution in [3.63, 3.8) is 0 Å². The van der Waals surface area contributed by atoms with Crippen molar-refractivity contribution >= 4 is 17.6 Å². The van der Waals surface area contributed by atoms with Crippen LogP contribution in [-0.4, -0.2) is 56.6 Å². The number of piperidine rings is 1. The lowest BCUT2D eigenvalue weighted by atomic mass is 9.85. The van der Waals surface area contributed by atoms with Crippen molar-refractivity contribution in [3.05, 3.63) is 47.7 Å². The van der Waals surface area contributed by atoms with Crippen LogP contribution >= 0.6 is 0 Å². The number of nitrogen functional groups attached to an aromatic ring is 1. The van der Waals surface area contributed by atoms with Gasteiger partial charge in [-0.2, -0.15) is 5.10 Å². The number of hydrogen-bond donors (Lipinski definition) is 1. The summed E-state index contributed by atoms with van der Waals surface area (Å²) in [5.41, 5.74) is 7.28. The van der Waals surface area contributed by atoms with Crippen LogP contribution in [-0.2, 0) is 22.6 Å². The number of carbonyl (C=O) groups is 2. The first-order chi connectivity index (χ1) is 14.0. The predicted molar refractivity (Wildman–Crippen MR) is 111 cm³/mol. The Balaban J connectivity index is 1.48. The predicted octanol–water partition coefficient (Wildman–Crippen LogP) is 2.00. The van der Waals surface area contributed by atoms with Crippen molar-refractivity contribution in [1.29, 1.82) is 0 Å². The zero-order valence-corrected chi connectivity index (χ0v) is 17.0. The number of hydrogen-bond acceptors (Lipinski definition) is 4. The van der Waals surface area contributed by atoms with E-state index < -0.39 is 5.54 Å². The zero-order valence-electron chi connectivity index (χ0n) is 17.0. The number of benzene rings is 1. The lowest BCUT2D eigenvalue weighted by Gasteiger charge is -2.44. The van der Waals surface area contributed by atoms with Gasteiger partial charge in [0.2, 0.25) is 11.8 Å². The van der Waals surface area contributed by atoms with Crippen LogP contribution in [0.5, 0.6) is 0 Å². The summed E-state index contributed by atoms with van der Waals surface area (Å²) in [5, 5.41) is 4.30. The van der Waals surface area contributed by atoms with E-state index >= 15 is 0 Å². The molecule has 0 aliphatic carbocycles. The van der Waals surface area contributed by atoms with E-state index in [9.17, 15) is 9.59 Å². The van der Waals surface area contributed by atoms with Gasteiger partial charge >= 0.3 is 0 Å². The third-order valence-corrected chi connectivity index (χ3v) is 6.23. The minimum atomic E-state index is -0.691. The first-order valence-corrected chi connectivity index (χ1v) is 10.4. The second-order valence-corrected chi connectivity index (χ2v) is 8.18. The van der Waals surface area contributed by atoms with Crippen molar-refractivity contribution in [2.45, 2.75) is 51.1 Å². The molecular formula is C22H29N5O2. The number of amides is 2. The molecule has 4 rings (SSSR count). The molecule has 0 radical (unpaired) electrons. The number of likely N-dealkylation sites (tertiary alicyclic amines) is 2. The molecule has 0 saturated carbocycles. The molecule has 1 atom stereocenters. The van der Waals surface area contributed by atoms with Crippen LogP contribution in [0.1, 0.15) is 36.9 Å². The zero-order chi connectivity index (χ0) is 20.4. The highest BCUT2D eigenvalue weighted by molar-refractivity contribution is 5.92.